The van der Waals surface area contributed by atoms with Gasteiger partial charge in [-0.1, -0.05) is 24.6 Å². The van der Waals surface area contributed by atoms with Gasteiger partial charge < -0.3 is 4.90 Å². The predicted molar refractivity (Wildman–Crippen MR) is 66.9 cm³/mol. The monoisotopic (exact) mass is 227 g/mol. The number of benzene rings is 1. The molecule has 1 amide bonds. The molecule has 0 radical (unpaired) electrons. The molecule has 3 aliphatic rings. The predicted octanol–water partition coefficient (Wildman–Crippen LogP) is 2.77. The van der Waals surface area contributed by atoms with Crippen LogP contribution >= 0.6 is 0 Å². The maximum absolute atomic E-state index is 12.5. The van der Waals surface area contributed by atoms with Crippen molar-refractivity contribution in [1.29, 1.82) is 0 Å². The molecule has 88 valence electrons. The van der Waals surface area contributed by atoms with Crippen molar-refractivity contribution in [3.05, 3.63) is 29.8 Å². The first kappa shape index (κ1) is 9.69. The van der Waals surface area contributed by atoms with Crippen LogP contribution in [0.1, 0.15) is 31.2 Å². The van der Waals surface area contributed by atoms with Crippen molar-refractivity contribution in [2.24, 2.45) is 11.3 Å². The molecule has 2 fully saturated rings. The van der Waals surface area contributed by atoms with Crippen LogP contribution in [0.4, 0.5) is 5.69 Å². The number of anilines is 1. The van der Waals surface area contributed by atoms with Gasteiger partial charge >= 0.3 is 0 Å². The Morgan fingerprint density at radius 3 is 2.82 bits per heavy atom. The van der Waals surface area contributed by atoms with Crippen molar-refractivity contribution in [3.63, 3.8) is 0 Å². The molecule has 0 aromatic heterocycles. The number of nitrogens with zero attached hydrogens (tertiary/aromatic N) is 1. The fourth-order valence-electron chi connectivity index (χ4n) is 3.64. The molecule has 1 aromatic carbocycles. The molecule has 1 aromatic rings. The fourth-order valence-corrected chi connectivity index (χ4v) is 3.64. The van der Waals surface area contributed by atoms with Crippen molar-refractivity contribution >= 4 is 11.6 Å². The van der Waals surface area contributed by atoms with Gasteiger partial charge in [0.05, 0.1) is 0 Å². The van der Waals surface area contributed by atoms with Gasteiger partial charge in [0.2, 0.25) is 5.91 Å². The quantitative estimate of drug-likeness (QED) is 0.722. The number of hydrogen-bond acceptors (Lipinski definition) is 1. The van der Waals surface area contributed by atoms with Crippen molar-refractivity contribution < 1.29 is 4.79 Å². The Labute approximate surface area is 102 Å². The van der Waals surface area contributed by atoms with E-state index < -0.39 is 0 Å². The lowest BCUT2D eigenvalue weighted by atomic mass is 9.79. The maximum atomic E-state index is 12.5. The molecular weight excluding hydrogens is 210 g/mol. The largest absolute Gasteiger partial charge is 0.312 e. The molecule has 2 saturated carbocycles. The third-order valence-corrected chi connectivity index (χ3v) is 4.99. The minimum atomic E-state index is 0.349. The summed E-state index contributed by atoms with van der Waals surface area (Å²) in [5.74, 6) is 0.747. The zero-order valence-electron chi connectivity index (χ0n) is 9.98. The van der Waals surface area contributed by atoms with Crippen LogP contribution in [0, 0.1) is 11.3 Å². The standard InChI is InChI=1S/C15H17NO/c17-14(12-10-15(12)7-3-8-15)16-9-6-11-4-1-2-5-13(11)16/h1-2,4-5,12H,3,6-10H2/t12-/m1/s1. The topological polar surface area (TPSA) is 20.3 Å². The number of carbonyl (C=O) groups is 1. The lowest BCUT2D eigenvalue weighted by molar-refractivity contribution is -0.120. The number of para-hydroxylation sites is 1. The molecule has 1 aliphatic heterocycles. The first-order chi connectivity index (χ1) is 8.30. The Morgan fingerprint density at radius 1 is 1.29 bits per heavy atom. The highest BCUT2D eigenvalue weighted by molar-refractivity contribution is 5.99. The van der Waals surface area contributed by atoms with Crippen LogP contribution in [-0.4, -0.2) is 12.5 Å². The Kier molecular flexibility index (Phi) is 1.78. The zero-order valence-corrected chi connectivity index (χ0v) is 9.98. The molecule has 17 heavy (non-hydrogen) atoms. The Morgan fingerprint density at radius 2 is 2.12 bits per heavy atom. The second kappa shape index (κ2) is 3.12. The lowest BCUT2D eigenvalue weighted by Gasteiger charge is -2.28. The molecule has 0 unspecified atom stereocenters. The van der Waals surface area contributed by atoms with Gasteiger partial charge in [-0.3, -0.25) is 4.79 Å². The highest BCUT2D eigenvalue weighted by Crippen LogP contribution is 2.66. The van der Waals surface area contributed by atoms with E-state index in [9.17, 15) is 4.79 Å². The van der Waals surface area contributed by atoms with Gasteiger partial charge in [0, 0.05) is 18.2 Å². The average molecular weight is 227 g/mol. The zero-order chi connectivity index (χ0) is 11.5. The Hall–Kier alpha value is -1.31. The Balaban J connectivity index is 1.59. The summed E-state index contributed by atoms with van der Waals surface area (Å²) in [5, 5.41) is 0. The lowest BCUT2D eigenvalue weighted by Crippen LogP contribution is -2.33. The van der Waals surface area contributed by atoms with Gasteiger partial charge in [0.25, 0.3) is 0 Å². The molecule has 0 N–H and O–H groups in total. The van der Waals surface area contributed by atoms with Crippen LogP contribution in [0.25, 0.3) is 0 Å². The van der Waals surface area contributed by atoms with Crippen LogP contribution in [0.15, 0.2) is 24.3 Å². The van der Waals surface area contributed by atoms with Crippen molar-refractivity contribution in [3.8, 4) is 0 Å². The van der Waals surface area contributed by atoms with E-state index in [1.807, 2.05) is 11.0 Å². The first-order valence-corrected chi connectivity index (χ1v) is 6.69. The van der Waals surface area contributed by atoms with Gasteiger partial charge in [0.1, 0.15) is 0 Å². The molecule has 1 atom stereocenters. The van der Waals surface area contributed by atoms with Crippen LogP contribution in [-0.2, 0) is 11.2 Å². The van der Waals surface area contributed by atoms with Crippen molar-refractivity contribution in [2.45, 2.75) is 32.1 Å². The van der Waals surface area contributed by atoms with E-state index in [0.29, 0.717) is 17.2 Å². The molecule has 2 aliphatic carbocycles. The smallest absolute Gasteiger partial charge is 0.230 e. The van der Waals surface area contributed by atoms with E-state index in [0.717, 1.165) is 19.4 Å². The van der Waals surface area contributed by atoms with Gasteiger partial charge in [-0.25, -0.2) is 0 Å². The average Bonchev–Trinajstić information content (AvgIpc) is 2.95. The van der Waals surface area contributed by atoms with Gasteiger partial charge in [-0.15, -0.1) is 0 Å². The van der Waals surface area contributed by atoms with E-state index in [-0.39, 0.29) is 0 Å². The van der Waals surface area contributed by atoms with Gasteiger partial charge in [-0.05, 0) is 42.7 Å². The minimum absolute atomic E-state index is 0.349. The normalized spacial score (nSPS) is 27.8. The maximum Gasteiger partial charge on any atom is 0.230 e. The van der Waals surface area contributed by atoms with Crippen LogP contribution in [0.3, 0.4) is 0 Å². The van der Waals surface area contributed by atoms with E-state index in [4.69, 9.17) is 0 Å². The number of amides is 1. The highest BCUT2D eigenvalue weighted by Gasteiger charge is 2.61. The number of hydrogen-bond donors (Lipinski definition) is 0. The molecule has 2 nitrogen and oxygen atoms in total. The third-order valence-electron chi connectivity index (χ3n) is 4.99. The van der Waals surface area contributed by atoms with Crippen molar-refractivity contribution in [1.82, 2.24) is 0 Å². The summed E-state index contributed by atoms with van der Waals surface area (Å²) in [4.78, 5) is 14.5. The first-order valence-electron chi connectivity index (χ1n) is 6.69. The molecule has 1 spiro atoms. The molecule has 4 rings (SSSR count). The molecular formula is C15H17NO. The summed E-state index contributed by atoms with van der Waals surface area (Å²) in [5.41, 5.74) is 2.96. The van der Waals surface area contributed by atoms with Crippen LogP contribution in [0.5, 0.6) is 0 Å². The van der Waals surface area contributed by atoms with Gasteiger partial charge in [-0.2, -0.15) is 0 Å². The summed E-state index contributed by atoms with van der Waals surface area (Å²) in [6.07, 6.45) is 6.10. The van der Waals surface area contributed by atoms with Crippen LogP contribution in [0.2, 0.25) is 0 Å². The third kappa shape index (κ3) is 1.24. The molecule has 0 saturated heterocycles. The summed E-state index contributed by atoms with van der Waals surface area (Å²) in [6.45, 7) is 0.894. The second-order valence-corrected chi connectivity index (χ2v) is 5.84. The summed E-state index contributed by atoms with van der Waals surface area (Å²) in [7, 11) is 0. The number of fused-ring (bicyclic) bond motifs is 1. The second-order valence-electron chi connectivity index (χ2n) is 5.84. The van der Waals surface area contributed by atoms with Crippen molar-refractivity contribution in [2.75, 3.05) is 11.4 Å². The summed E-state index contributed by atoms with van der Waals surface area (Å²) in [6, 6.07) is 8.35. The summed E-state index contributed by atoms with van der Waals surface area (Å²) < 4.78 is 0. The van der Waals surface area contributed by atoms with E-state index in [2.05, 4.69) is 18.2 Å². The summed E-state index contributed by atoms with van der Waals surface area (Å²) >= 11 is 0. The molecule has 1 heterocycles. The van der Waals surface area contributed by atoms with Gasteiger partial charge in [0.15, 0.2) is 0 Å². The highest BCUT2D eigenvalue weighted by atomic mass is 16.2. The Bertz CT molecular complexity index is 489. The fraction of sp³-hybridized carbons (Fsp3) is 0.533. The van der Waals surface area contributed by atoms with E-state index >= 15 is 0 Å². The number of carbonyl (C=O) groups excluding carboxylic acids is 1. The van der Waals surface area contributed by atoms with E-state index in [1.165, 1.54) is 30.5 Å². The molecule has 2 heteroatoms. The van der Waals surface area contributed by atoms with Crippen LogP contribution < -0.4 is 4.90 Å². The SMILES string of the molecule is O=C([C@H]1CC12CCC2)N1CCc2ccccc21. The van der Waals surface area contributed by atoms with E-state index in [1.54, 1.807) is 0 Å². The molecule has 0 bridgehead atoms. The minimum Gasteiger partial charge on any atom is -0.312 e. The number of rotatable bonds is 1.